The monoisotopic (exact) mass is 273 g/mol. The predicted molar refractivity (Wildman–Crippen MR) is 58.0 cm³/mol. The predicted octanol–water partition coefficient (Wildman–Crippen LogP) is 3.28. The lowest BCUT2D eigenvalue weighted by molar-refractivity contribution is 0.0691. The molecule has 3 nitrogen and oxygen atoms in total. The molecule has 2 aromatic rings. The molecular weight excluding hydrogens is 269 g/mol. The Balaban J connectivity index is 2.77. The number of carboxylic acid groups (broad SMARTS) is 1. The molecule has 0 saturated carbocycles. The molecule has 1 aromatic heterocycles. The van der Waals surface area contributed by atoms with Crippen molar-refractivity contribution < 1.29 is 9.90 Å². The van der Waals surface area contributed by atoms with E-state index in [9.17, 15) is 4.79 Å². The van der Waals surface area contributed by atoms with Gasteiger partial charge < -0.3 is 10.1 Å². The largest absolute Gasteiger partial charge is 0.477 e. The zero-order valence-electron chi connectivity index (χ0n) is 6.84. The van der Waals surface area contributed by atoms with Crippen LogP contribution in [-0.2, 0) is 0 Å². The number of aromatic nitrogens is 1. The maximum atomic E-state index is 10.7. The molecule has 1 aromatic carbocycles. The van der Waals surface area contributed by atoms with Crippen LogP contribution in [-0.4, -0.2) is 16.1 Å². The quantitative estimate of drug-likeness (QED) is 0.838. The summed E-state index contributed by atoms with van der Waals surface area (Å²) in [5, 5.41) is 10.1. The molecule has 0 radical (unpaired) electrons. The average Bonchev–Trinajstić information content (AvgIpc) is 2.56. The van der Waals surface area contributed by atoms with Crippen molar-refractivity contribution in [3.8, 4) is 0 Å². The number of carbonyl (C=O) groups is 1. The van der Waals surface area contributed by atoms with Crippen LogP contribution < -0.4 is 0 Å². The minimum atomic E-state index is -0.982. The van der Waals surface area contributed by atoms with Crippen LogP contribution in [0.25, 0.3) is 10.9 Å². The molecule has 2 rings (SSSR count). The maximum Gasteiger partial charge on any atom is 0.352 e. The summed E-state index contributed by atoms with van der Waals surface area (Å²) >= 11 is 9.15. The summed E-state index contributed by atoms with van der Waals surface area (Å²) in [5.74, 6) is -0.982. The van der Waals surface area contributed by atoms with Crippen LogP contribution >= 0.6 is 27.5 Å². The summed E-state index contributed by atoms with van der Waals surface area (Å²) in [6, 6.07) is 5.05. The van der Waals surface area contributed by atoms with E-state index in [1.165, 1.54) is 0 Å². The first-order valence-corrected chi connectivity index (χ1v) is 4.96. The molecule has 0 fully saturated rings. The zero-order valence-corrected chi connectivity index (χ0v) is 9.19. The molecule has 0 unspecified atom stereocenters. The van der Waals surface area contributed by atoms with E-state index in [1.807, 2.05) is 0 Å². The second kappa shape index (κ2) is 3.29. The van der Waals surface area contributed by atoms with Crippen molar-refractivity contribution in [3.63, 3.8) is 0 Å². The zero-order chi connectivity index (χ0) is 10.3. The van der Waals surface area contributed by atoms with Crippen LogP contribution in [0.3, 0.4) is 0 Å². The van der Waals surface area contributed by atoms with E-state index in [-0.39, 0.29) is 5.69 Å². The van der Waals surface area contributed by atoms with Gasteiger partial charge in [-0.05, 0) is 28.1 Å². The van der Waals surface area contributed by atoms with Gasteiger partial charge in [0.05, 0.1) is 15.0 Å². The van der Waals surface area contributed by atoms with E-state index in [2.05, 4.69) is 20.9 Å². The molecule has 0 bridgehead atoms. The van der Waals surface area contributed by atoms with E-state index in [4.69, 9.17) is 16.7 Å². The van der Waals surface area contributed by atoms with Gasteiger partial charge >= 0.3 is 5.97 Å². The van der Waals surface area contributed by atoms with Crippen LogP contribution in [0.2, 0.25) is 5.02 Å². The number of carboxylic acids is 1. The first kappa shape index (κ1) is 9.55. The summed E-state index contributed by atoms with van der Waals surface area (Å²) in [5.41, 5.74) is 0.859. The highest BCUT2D eigenvalue weighted by atomic mass is 79.9. The van der Waals surface area contributed by atoms with Gasteiger partial charge in [-0.3, -0.25) is 0 Å². The molecule has 14 heavy (non-hydrogen) atoms. The van der Waals surface area contributed by atoms with E-state index in [1.54, 1.807) is 18.2 Å². The summed E-state index contributed by atoms with van der Waals surface area (Å²) < 4.78 is 0.684. The van der Waals surface area contributed by atoms with Crippen LogP contribution in [0.4, 0.5) is 0 Å². The van der Waals surface area contributed by atoms with Crippen molar-refractivity contribution in [1.29, 1.82) is 0 Å². The molecule has 0 aliphatic rings. The summed E-state index contributed by atoms with van der Waals surface area (Å²) in [4.78, 5) is 13.5. The lowest BCUT2D eigenvalue weighted by Gasteiger charge is -1.96. The fraction of sp³-hybridized carbons (Fsp3) is 0. The highest BCUT2D eigenvalue weighted by molar-refractivity contribution is 9.10. The molecule has 72 valence electrons. The second-order valence-corrected chi connectivity index (χ2v) is 4.01. The third-order valence-corrected chi connectivity index (χ3v) is 3.28. The van der Waals surface area contributed by atoms with Crippen molar-refractivity contribution in [3.05, 3.63) is 33.4 Å². The van der Waals surface area contributed by atoms with Crippen molar-refractivity contribution in [1.82, 2.24) is 4.98 Å². The van der Waals surface area contributed by atoms with Gasteiger partial charge in [0.2, 0.25) is 0 Å². The number of aromatic carboxylic acids is 1. The highest BCUT2D eigenvalue weighted by Crippen LogP contribution is 2.30. The fourth-order valence-corrected chi connectivity index (χ4v) is 1.87. The number of H-pyrrole nitrogens is 1. The summed E-state index contributed by atoms with van der Waals surface area (Å²) in [6.07, 6.45) is 0. The topological polar surface area (TPSA) is 53.1 Å². The number of rotatable bonds is 1. The van der Waals surface area contributed by atoms with Crippen LogP contribution in [0.1, 0.15) is 10.5 Å². The Hall–Kier alpha value is -1.00. The highest BCUT2D eigenvalue weighted by Gasteiger charge is 2.10. The smallest absolute Gasteiger partial charge is 0.352 e. The van der Waals surface area contributed by atoms with Crippen molar-refractivity contribution in [2.45, 2.75) is 0 Å². The number of benzene rings is 1. The maximum absolute atomic E-state index is 10.7. The van der Waals surface area contributed by atoms with Crippen LogP contribution in [0.15, 0.2) is 22.7 Å². The number of fused-ring (bicyclic) bond motifs is 1. The molecule has 0 amide bonds. The molecule has 5 heteroatoms. The third-order valence-electron chi connectivity index (χ3n) is 1.92. The Morgan fingerprint density at radius 1 is 1.50 bits per heavy atom. The Morgan fingerprint density at radius 3 is 2.86 bits per heavy atom. The number of halogens is 2. The molecule has 0 spiro atoms. The van der Waals surface area contributed by atoms with Gasteiger partial charge in [-0.1, -0.05) is 17.7 Å². The van der Waals surface area contributed by atoms with Gasteiger partial charge in [0.15, 0.2) is 0 Å². The van der Waals surface area contributed by atoms with Crippen molar-refractivity contribution in [2.24, 2.45) is 0 Å². The lowest BCUT2D eigenvalue weighted by atomic mass is 10.2. The van der Waals surface area contributed by atoms with Crippen LogP contribution in [0, 0.1) is 0 Å². The Bertz CT molecular complexity index is 521. The summed E-state index contributed by atoms with van der Waals surface area (Å²) in [6.45, 7) is 0. The fourth-order valence-electron chi connectivity index (χ4n) is 1.25. The van der Waals surface area contributed by atoms with Crippen molar-refractivity contribution >= 4 is 44.4 Å². The van der Waals surface area contributed by atoms with Gasteiger partial charge in [0.25, 0.3) is 0 Å². The Morgan fingerprint density at radius 2 is 2.21 bits per heavy atom. The molecule has 0 saturated heterocycles. The van der Waals surface area contributed by atoms with E-state index >= 15 is 0 Å². The minimum absolute atomic E-state index is 0.156. The van der Waals surface area contributed by atoms with E-state index < -0.39 is 5.97 Å². The van der Waals surface area contributed by atoms with Crippen LogP contribution in [0.5, 0.6) is 0 Å². The van der Waals surface area contributed by atoms with E-state index in [0.29, 0.717) is 15.0 Å². The van der Waals surface area contributed by atoms with Crippen molar-refractivity contribution in [2.75, 3.05) is 0 Å². The number of aromatic amines is 1. The molecule has 2 N–H and O–H groups in total. The molecule has 0 aliphatic heterocycles. The molecule has 0 aliphatic carbocycles. The average molecular weight is 275 g/mol. The Labute approximate surface area is 92.8 Å². The Kier molecular flexibility index (Phi) is 2.25. The van der Waals surface area contributed by atoms with Gasteiger partial charge in [0, 0.05) is 5.39 Å². The van der Waals surface area contributed by atoms with Gasteiger partial charge in [0.1, 0.15) is 5.69 Å². The summed E-state index contributed by atoms with van der Waals surface area (Å²) in [7, 11) is 0. The SMILES string of the molecule is O=C(O)c1cc2ccc(Cl)c(Br)c2[nH]1. The molecule has 1 heterocycles. The first-order valence-electron chi connectivity index (χ1n) is 3.79. The first-order chi connectivity index (χ1) is 6.59. The molecular formula is C9H5BrClNO2. The van der Waals surface area contributed by atoms with Gasteiger partial charge in [-0.2, -0.15) is 0 Å². The minimum Gasteiger partial charge on any atom is -0.477 e. The lowest BCUT2D eigenvalue weighted by Crippen LogP contribution is -1.94. The molecule has 0 atom stereocenters. The van der Waals surface area contributed by atoms with Gasteiger partial charge in [-0.15, -0.1) is 0 Å². The van der Waals surface area contributed by atoms with E-state index in [0.717, 1.165) is 5.39 Å². The number of nitrogens with one attached hydrogen (secondary N) is 1. The third kappa shape index (κ3) is 1.40. The van der Waals surface area contributed by atoms with Gasteiger partial charge in [-0.25, -0.2) is 4.79 Å². The second-order valence-electron chi connectivity index (χ2n) is 2.81. The standard InChI is InChI=1S/C9H5BrClNO2/c10-7-5(11)2-1-4-3-6(9(13)14)12-8(4)7/h1-3,12H,(H,13,14). The number of hydrogen-bond donors (Lipinski definition) is 2. The number of hydrogen-bond acceptors (Lipinski definition) is 1. The normalized spacial score (nSPS) is 10.7.